The lowest BCUT2D eigenvalue weighted by atomic mass is 10.0. The summed E-state index contributed by atoms with van der Waals surface area (Å²) in [5.41, 5.74) is 5.54. The Kier molecular flexibility index (Phi) is 5.87. The molecule has 2 aliphatic rings. The fourth-order valence-electron chi connectivity index (χ4n) is 4.21. The number of thioether (sulfide) groups is 1. The summed E-state index contributed by atoms with van der Waals surface area (Å²) < 4.78 is 1.91. The molecule has 2 aromatic carbocycles. The van der Waals surface area contributed by atoms with Crippen LogP contribution in [0.25, 0.3) is 11.4 Å². The molecule has 1 aromatic heterocycles. The van der Waals surface area contributed by atoms with E-state index in [1.165, 1.54) is 24.6 Å². The number of nitrogens with zero attached hydrogens (tertiary/aromatic N) is 4. The van der Waals surface area contributed by atoms with Gasteiger partial charge in [0.25, 0.3) is 0 Å². The molecule has 8 heteroatoms. The number of aromatic nitrogens is 3. The van der Waals surface area contributed by atoms with Crippen molar-refractivity contribution in [3.05, 3.63) is 65.2 Å². The van der Waals surface area contributed by atoms with Crippen LogP contribution in [-0.4, -0.2) is 44.0 Å². The Labute approximate surface area is 191 Å². The molecule has 0 aliphatic carbocycles. The maximum atomic E-state index is 13.6. The van der Waals surface area contributed by atoms with E-state index in [4.69, 9.17) is 11.6 Å². The van der Waals surface area contributed by atoms with Crippen molar-refractivity contribution in [2.24, 2.45) is 0 Å². The standard InChI is InChI=1S/C23H24ClN5OS/c24-18-12-10-16(11-13-18)19-20(22(30)28-14-6-1-2-7-15-28)31-23-26-25-21(29(23)27-19)17-8-4-3-5-9-17/h3-5,8-13,19-20,27H,1-2,6-7,14-15H2/t19-,20-/m1/s1. The quantitative estimate of drug-likeness (QED) is 0.619. The molecule has 0 radical (unpaired) electrons. The van der Waals surface area contributed by atoms with E-state index >= 15 is 0 Å². The summed E-state index contributed by atoms with van der Waals surface area (Å²) in [6.07, 6.45) is 4.51. The molecule has 1 amide bonds. The fourth-order valence-corrected chi connectivity index (χ4v) is 5.50. The summed E-state index contributed by atoms with van der Waals surface area (Å²) in [7, 11) is 0. The van der Waals surface area contributed by atoms with Crippen LogP contribution in [0.2, 0.25) is 5.02 Å². The molecule has 0 spiro atoms. The molecular formula is C23H24ClN5OS. The highest BCUT2D eigenvalue weighted by molar-refractivity contribution is 8.00. The lowest BCUT2D eigenvalue weighted by Gasteiger charge is -2.35. The minimum Gasteiger partial charge on any atom is -0.342 e. The lowest BCUT2D eigenvalue weighted by Crippen LogP contribution is -2.46. The van der Waals surface area contributed by atoms with Gasteiger partial charge in [-0.2, -0.15) is 0 Å². The fraction of sp³-hybridized carbons (Fsp3) is 0.348. The molecule has 2 aliphatic heterocycles. The van der Waals surface area contributed by atoms with Gasteiger partial charge in [-0.1, -0.05) is 78.7 Å². The van der Waals surface area contributed by atoms with Crippen LogP contribution in [0.3, 0.4) is 0 Å². The molecule has 2 atom stereocenters. The van der Waals surface area contributed by atoms with Gasteiger partial charge in [0.1, 0.15) is 5.25 Å². The molecule has 3 heterocycles. The van der Waals surface area contributed by atoms with Crippen molar-refractivity contribution in [1.29, 1.82) is 0 Å². The van der Waals surface area contributed by atoms with E-state index in [2.05, 4.69) is 15.6 Å². The van der Waals surface area contributed by atoms with Crippen molar-refractivity contribution >= 4 is 29.3 Å². The number of benzene rings is 2. The number of carbonyl (C=O) groups is 1. The number of amides is 1. The van der Waals surface area contributed by atoms with E-state index in [1.54, 1.807) is 0 Å². The van der Waals surface area contributed by atoms with Crippen molar-refractivity contribution in [1.82, 2.24) is 19.8 Å². The Bertz CT molecular complexity index is 1050. The third kappa shape index (κ3) is 4.16. The molecular weight excluding hydrogens is 430 g/mol. The number of carbonyl (C=O) groups excluding carboxylic acids is 1. The van der Waals surface area contributed by atoms with Crippen LogP contribution in [0.15, 0.2) is 59.8 Å². The summed E-state index contributed by atoms with van der Waals surface area (Å²) in [6, 6.07) is 17.5. The molecule has 1 N–H and O–H groups in total. The van der Waals surface area contributed by atoms with Crippen LogP contribution in [0.1, 0.15) is 37.3 Å². The van der Waals surface area contributed by atoms with Crippen LogP contribution in [-0.2, 0) is 4.79 Å². The highest BCUT2D eigenvalue weighted by Crippen LogP contribution is 2.39. The first-order valence-corrected chi connectivity index (χ1v) is 11.9. The Balaban J connectivity index is 1.52. The van der Waals surface area contributed by atoms with E-state index in [1.807, 2.05) is 64.2 Å². The highest BCUT2D eigenvalue weighted by atomic mass is 35.5. The molecule has 6 nitrogen and oxygen atoms in total. The molecule has 0 bridgehead atoms. The molecule has 0 unspecified atom stereocenters. The zero-order valence-corrected chi connectivity index (χ0v) is 18.6. The maximum absolute atomic E-state index is 13.6. The second-order valence-electron chi connectivity index (χ2n) is 7.94. The van der Waals surface area contributed by atoms with E-state index < -0.39 is 0 Å². The van der Waals surface area contributed by atoms with Gasteiger partial charge in [-0.25, -0.2) is 4.68 Å². The molecule has 5 rings (SSSR count). The van der Waals surface area contributed by atoms with Gasteiger partial charge in [0.15, 0.2) is 5.82 Å². The van der Waals surface area contributed by atoms with E-state index in [-0.39, 0.29) is 17.2 Å². The SMILES string of the molecule is O=C([C@@H]1Sc2nnc(-c3ccccc3)n2N[C@@H]1c1ccc(Cl)cc1)N1CCCCCC1. The van der Waals surface area contributed by atoms with E-state index in [9.17, 15) is 4.79 Å². The monoisotopic (exact) mass is 453 g/mol. The van der Waals surface area contributed by atoms with Gasteiger partial charge < -0.3 is 10.3 Å². The predicted molar refractivity (Wildman–Crippen MR) is 124 cm³/mol. The smallest absolute Gasteiger partial charge is 0.238 e. The first kappa shape index (κ1) is 20.4. The number of likely N-dealkylation sites (tertiary alicyclic amines) is 1. The zero-order valence-electron chi connectivity index (χ0n) is 17.1. The third-order valence-corrected chi connectivity index (χ3v) is 7.31. The van der Waals surface area contributed by atoms with Crippen LogP contribution < -0.4 is 5.43 Å². The molecule has 1 fully saturated rings. The second-order valence-corrected chi connectivity index (χ2v) is 9.49. The van der Waals surface area contributed by atoms with Gasteiger partial charge >= 0.3 is 0 Å². The molecule has 3 aromatic rings. The van der Waals surface area contributed by atoms with Gasteiger partial charge in [-0.3, -0.25) is 4.79 Å². The van der Waals surface area contributed by atoms with Crippen molar-refractivity contribution in [2.45, 2.75) is 42.1 Å². The molecule has 31 heavy (non-hydrogen) atoms. The normalized spacial score (nSPS) is 21.1. The van der Waals surface area contributed by atoms with Crippen LogP contribution in [0, 0.1) is 0 Å². The van der Waals surface area contributed by atoms with Crippen molar-refractivity contribution in [3.63, 3.8) is 0 Å². The average molecular weight is 454 g/mol. The van der Waals surface area contributed by atoms with Gasteiger partial charge in [0, 0.05) is 23.7 Å². The van der Waals surface area contributed by atoms with Crippen molar-refractivity contribution in [3.8, 4) is 11.4 Å². The number of fused-ring (bicyclic) bond motifs is 1. The number of nitrogens with one attached hydrogen (secondary N) is 1. The first-order valence-electron chi connectivity index (χ1n) is 10.7. The summed E-state index contributed by atoms with van der Waals surface area (Å²) in [4.78, 5) is 15.7. The summed E-state index contributed by atoms with van der Waals surface area (Å²) in [6.45, 7) is 1.65. The van der Waals surface area contributed by atoms with Crippen molar-refractivity contribution < 1.29 is 4.79 Å². The Morgan fingerprint density at radius 3 is 2.39 bits per heavy atom. The Hall–Kier alpha value is -2.51. The minimum absolute atomic E-state index is 0.162. The highest BCUT2D eigenvalue weighted by Gasteiger charge is 2.40. The summed E-state index contributed by atoms with van der Waals surface area (Å²) in [5.74, 6) is 0.901. The number of rotatable bonds is 3. The molecule has 1 saturated heterocycles. The van der Waals surface area contributed by atoms with Crippen LogP contribution >= 0.6 is 23.4 Å². The Morgan fingerprint density at radius 1 is 0.968 bits per heavy atom. The van der Waals surface area contributed by atoms with E-state index in [0.29, 0.717) is 10.2 Å². The number of hydrogen-bond donors (Lipinski definition) is 1. The number of halogens is 1. The summed E-state index contributed by atoms with van der Waals surface area (Å²) >= 11 is 7.62. The molecule has 0 saturated carbocycles. The van der Waals surface area contributed by atoms with Gasteiger partial charge in [-0.15, -0.1) is 10.2 Å². The first-order chi connectivity index (χ1) is 15.2. The van der Waals surface area contributed by atoms with E-state index in [0.717, 1.165) is 42.9 Å². The summed E-state index contributed by atoms with van der Waals surface area (Å²) in [5, 5.41) is 9.87. The van der Waals surface area contributed by atoms with Crippen LogP contribution in [0.5, 0.6) is 0 Å². The lowest BCUT2D eigenvalue weighted by molar-refractivity contribution is -0.131. The number of hydrogen-bond acceptors (Lipinski definition) is 5. The average Bonchev–Trinajstić information content (AvgIpc) is 3.02. The predicted octanol–water partition coefficient (Wildman–Crippen LogP) is 4.76. The molecule has 160 valence electrons. The zero-order chi connectivity index (χ0) is 21.2. The van der Waals surface area contributed by atoms with Crippen molar-refractivity contribution in [2.75, 3.05) is 18.5 Å². The van der Waals surface area contributed by atoms with Gasteiger partial charge in [0.2, 0.25) is 11.1 Å². The maximum Gasteiger partial charge on any atom is 0.238 e. The minimum atomic E-state index is -0.320. The largest absolute Gasteiger partial charge is 0.342 e. The van der Waals surface area contributed by atoms with Crippen LogP contribution in [0.4, 0.5) is 0 Å². The second kappa shape index (κ2) is 8.93. The topological polar surface area (TPSA) is 63.1 Å². The van der Waals surface area contributed by atoms with Gasteiger partial charge in [-0.05, 0) is 30.5 Å². The Morgan fingerprint density at radius 2 is 1.68 bits per heavy atom. The van der Waals surface area contributed by atoms with Gasteiger partial charge in [0.05, 0.1) is 6.04 Å². The third-order valence-electron chi connectivity index (χ3n) is 5.86.